The fourth-order valence-corrected chi connectivity index (χ4v) is 2.33. The van der Waals surface area contributed by atoms with Crippen LogP contribution in [0.5, 0.6) is 5.75 Å². The van der Waals surface area contributed by atoms with Crippen LogP contribution in [0.2, 0.25) is 0 Å². The maximum absolute atomic E-state index is 12.3. The van der Waals surface area contributed by atoms with E-state index in [0.29, 0.717) is 11.3 Å². The van der Waals surface area contributed by atoms with Gasteiger partial charge in [0.25, 0.3) is 11.6 Å². The van der Waals surface area contributed by atoms with E-state index in [1.807, 2.05) is 0 Å². The lowest BCUT2D eigenvalue weighted by Gasteiger charge is -2.09. The molecule has 27 heavy (non-hydrogen) atoms. The van der Waals surface area contributed by atoms with E-state index in [4.69, 9.17) is 13.9 Å². The summed E-state index contributed by atoms with van der Waals surface area (Å²) in [5.41, 5.74) is 0.190. The number of esters is 1. The molecule has 0 aliphatic rings. The van der Waals surface area contributed by atoms with Crippen molar-refractivity contribution in [3.63, 3.8) is 0 Å². The Labute approximate surface area is 153 Å². The number of nitro benzene ring substituents is 1. The molecule has 0 aliphatic heterocycles. The number of hydrogen-bond donors (Lipinski definition) is 0. The van der Waals surface area contributed by atoms with E-state index in [-0.39, 0.29) is 23.0 Å². The monoisotopic (exact) mass is 369 g/mol. The predicted octanol–water partition coefficient (Wildman–Crippen LogP) is 3.57. The summed E-state index contributed by atoms with van der Waals surface area (Å²) in [6.07, 6.45) is -0.878. The second-order valence-corrected chi connectivity index (χ2v) is 5.50. The minimum absolute atomic E-state index is 0.0766. The summed E-state index contributed by atoms with van der Waals surface area (Å²) >= 11 is 0. The lowest BCUT2D eigenvalue weighted by molar-refractivity contribution is -0.385. The number of benzene rings is 2. The minimum Gasteiger partial charge on any atom is -0.497 e. The van der Waals surface area contributed by atoms with Gasteiger partial charge in [-0.1, -0.05) is 12.1 Å². The number of carbonyl (C=O) groups excluding carboxylic acids is 1. The van der Waals surface area contributed by atoms with Crippen LogP contribution in [0.25, 0.3) is 11.5 Å². The van der Waals surface area contributed by atoms with Gasteiger partial charge in [-0.05, 0) is 37.3 Å². The number of nitro groups is 1. The highest BCUT2D eigenvalue weighted by Crippen LogP contribution is 2.26. The molecule has 0 fully saturated rings. The van der Waals surface area contributed by atoms with Crippen molar-refractivity contribution < 1.29 is 23.6 Å². The zero-order valence-corrected chi connectivity index (χ0v) is 14.5. The lowest BCUT2D eigenvalue weighted by atomic mass is 10.2. The Balaban J connectivity index is 1.75. The van der Waals surface area contributed by atoms with Gasteiger partial charge in [-0.2, -0.15) is 0 Å². The molecule has 1 atom stereocenters. The van der Waals surface area contributed by atoms with Gasteiger partial charge >= 0.3 is 5.97 Å². The zero-order valence-electron chi connectivity index (χ0n) is 14.5. The summed E-state index contributed by atoms with van der Waals surface area (Å²) in [5, 5.41) is 18.8. The van der Waals surface area contributed by atoms with Crippen LogP contribution >= 0.6 is 0 Å². The largest absolute Gasteiger partial charge is 0.497 e. The average Bonchev–Trinajstić information content (AvgIpc) is 3.18. The first-order valence-corrected chi connectivity index (χ1v) is 7.92. The highest BCUT2D eigenvalue weighted by atomic mass is 16.6. The standard InChI is InChI=1S/C18H15N3O6/c1-11(26-18(22)14-5-3-4-6-15(14)21(23)24)16-19-20-17(27-16)12-7-9-13(25-2)10-8-12/h3-11H,1-2H3. The molecule has 9 nitrogen and oxygen atoms in total. The van der Waals surface area contributed by atoms with Gasteiger partial charge in [-0.15, -0.1) is 10.2 Å². The first-order valence-electron chi connectivity index (χ1n) is 7.92. The molecule has 0 spiro atoms. The van der Waals surface area contributed by atoms with Gasteiger partial charge < -0.3 is 13.9 Å². The van der Waals surface area contributed by atoms with Crippen molar-refractivity contribution in [2.24, 2.45) is 0 Å². The quantitative estimate of drug-likeness (QED) is 0.368. The highest BCUT2D eigenvalue weighted by Gasteiger charge is 2.25. The summed E-state index contributed by atoms with van der Waals surface area (Å²) in [4.78, 5) is 22.7. The van der Waals surface area contributed by atoms with E-state index in [2.05, 4.69) is 10.2 Å². The van der Waals surface area contributed by atoms with Gasteiger partial charge in [0.1, 0.15) is 11.3 Å². The molecule has 0 saturated carbocycles. The van der Waals surface area contributed by atoms with Crippen LogP contribution in [0.1, 0.15) is 29.3 Å². The Hall–Kier alpha value is -3.75. The fraction of sp³-hybridized carbons (Fsp3) is 0.167. The molecule has 138 valence electrons. The Kier molecular flexibility index (Phi) is 5.11. The van der Waals surface area contributed by atoms with Crippen LogP contribution in [0.3, 0.4) is 0 Å². The lowest BCUT2D eigenvalue weighted by Crippen LogP contribution is -2.11. The number of methoxy groups -OCH3 is 1. The van der Waals surface area contributed by atoms with Crippen LogP contribution in [0, 0.1) is 10.1 Å². The van der Waals surface area contributed by atoms with Crippen molar-refractivity contribution in [1.82, 2.24) is 10.2 Å². The second kappa shape index (κ2) is 7.65. The van der Waals surface area contributed by atoms with Gasteiger partial charge in [-0.25, -0.2) is 4.79 Å². The summed E-state index contributed by atoms with van der Waals surface area (Å²) in [7, 11) is 1.56. The molecule has 1 aromatic heterocycles. The Morgan fingerprint density at radius 3 is 2.52 bits per heavy atom. The number of aromatic nitrogens is 2. The first-order chi connectivity index (χ1) is 13.0. The molecule has 3 aromatic rings. The molecule has 0 amide bonds. The fourth-order valence-electron chi connectivity index (χ4n) is 2.33. The van der Waals surface area contributed by atoms with E-state index in [1.54, 1.807) is 31.4 Å². The summed E-state index contributed by atoms with van der Waals surface area (Å²) in [6.45, 7) is 1.54. The molecule has 3 rings (SSSR count). The third-order valence-electron chi connectivity index (χ3n) is 3.73. The molecule has 0 saturated heterocycles. The zero-order chi connectivity index (χ0) is 19.4. The number of nitrogens with zero attached hydrogens (tertiary/aromatic N) is 3. The van der Waals surface area contributed by atoms with Gasteiger partial charge in [0, 0.05) is 11.6 Å². The molecule has 0 radical (unpaired) electrons. The molecule has 1 unspecified atom stereocenters. The SMILES string of the molecule is COc1ccc(-c2nnc(C(C)OC(=O)c3ccccc3[N+](=O)[O-])o2)cc1. The first kappa shape index (κ1) is 18.1. The summed E-state index contributed by atoms with van der Waals surface area (Å²) in [6, 6.07) is 12.5. The van der Waals surface area contributed by atoms with Crippen LogP contribution in [0.15, 0.2) is 52.9 Å². The topological polar surface area (TPSA) is 118 Å². The third kappa shape index (κ3) is 3.92. The predicted molar refractivity (Wildman–Crippen MR) is 93.2 cm³/mol. The van der Waals surface area contributed by atoms with Crippen LogP contribution in [-0.4, -0.2) is 28.2 Å². The van der Waals surface area contributed by atoms with Crippen molar-refractivity contribution in [3.8, 4) is 17.2 Å². The summed E-state index contributed by atoms with van der Waals surface area (Å²) in [5.74, 6) is 0.165. The maximum atomic E-state index is 12.3. The van der Waals surface area contributed by atoms with Crippen molar-refractivity contribution in [1.29, 1.82) is 0 Å². The number of ether oxygens (including phenoxy) is 2. The van der Waals surface area contributed by atoms with E-state index >= 15 is 0 Å². The minimum atomic E-state index is -0.878. The van der Waals surface area contributed by atoms with Gasteiger partial charge in [-0.3, -0.25) is 10.1 Å². The van der Waals surface area contributed by atoms with E-state index in [9.17, 15) is 14.9 Å². The van der Waals surface area contributed by atoms with E-state index < -0.39 is 17.0 Å². The van der Waals surface area contributed by atoms with Gasteiger partial charge in [0.2, 0.25) is 5.89 Å². The van der Waals surface area contributed by atoms with Crippen LogP contribution in [0.4, 0.5) is 5.69 Å². The number of para-hydroxylation sites is 1. The number of hydrogen-bond acceptors (Lipinski definition) is 8. The second-order valence-electron chi connectivity index (χ2n) is 5.50. The van der Waals surface area contributed by atoms with Crippen molar-refractivity contribution in [2.75, 3.05) is 7.11 Å². The number of carbonyl (C=O) groups is 1. The Morgan fingerprint density at radius 1 is 1.15 bits per heavy atom. The van der Waals surface area contributed by atoms with Gasteiger partial charge in [0.05, 0.1) is 12.0 Å². The Bertz CT molecular complexity index is 967. The normalized spacial score (nSPS) is 11.6. The molecule has 0 N–H and O–H groups in total. The highest BCUT2D eigenvalue weighted by molar-refractivity contribution is 5.93. The molecule has 1 heterocycles. The van der Waals surface area contributed by atoms with Crippen LogP contribution in [-0.2, 0) is 4.74 Å². The van der Waals surface area contributed by atoms with Crippen LogP contribution < -0.4 is 4.74 Å². The molecule has 0 bridgehead atoms. The van der Waals surface area contributed by atoms with E-state index in [1.165, 1.54) is 31.2 Å². The third-order valence-corrected chi connectivity index (χ3v) is 3.73. The average molecular weight is 369 g/mol. The van der Waals surface area contributed by atoms with Gasteiger partial charge in [0.15, 0.2) is 6.10 Å². The van der Waals surface area contributed by atoms with Crippen molar-refractivity contribution >= 4 is 11.7 Å². The van der Waals surface area contributed by atoms with Crippen molar-refractivity contribution in [2.45, 2.75) is 13.0 Å². The number of rotatable bonds is 6. The van der Waals surface area contributed by atoms with E-state index in [0.717, 1.165) is 0 Å². The van der Waals surface area contributed by atoms with Crippen molar-refractivity contribution in [3.05, 3.63) is 70.1 Å². The Morgan fingerprint density at radius 2 is 1.85 bits per heavy atom. The smallest absolute Gasteiger partial charge is 0.345 e. The molecule has 0 aliphatic carbocycles. The summed E-state index contributed by atoms with van der Waals surface area (Å²) < 4.78 is 15.9. The molecular formula is C18H15N3O6. The maximum Gasteiger partial charge on any atom is 0.345 e. The molecular weight excluding hydrogens is 354 g/mol. The molecule has 2 aromatic carbocycles. The molecule has 9 heteroatoms.